The molecule has 4 heteroatoms. The van der Waals surface area contributed by atoms with Crippen LogP contribution in [0.3, 0.4) is 0 Å². The lowest BCUT2D eigenvalue weighted by Gasteiger charge is -2.36. The number of nitrogens with two attached hydrogens (primary N) is 1. The highest BCUT2D eigenvalue weighted by atomic mass is 16.2. The smallest absolute Gasteiger partial charge is 0.248 e. The van der Waals surface area contributed by atoms with Crippen molar-refractivity contribution in [3.63, 3.8) is 0 Å². The molecular formula is C17H19N3O. The standard InChI is InChI=1S/C17H19N3O/c1-19-11-12-20(15-10-6-5-9-14(15)19)17(21)16(18)13-7-3-2-4-8-13/h2-10,16H,11-12,18H2,1H3/t16-/m1/s1. The molecule has 1 heterocycles. The Morgan fingerprint density at radius 3 is 2.33 bits per heavy atom. The number of para-hydroxylation sites is 2. The lowest BCUT2D eigenvalue weighted by Crippen LogP contribution is -2.46. The summed E-state index contributed by atoms with van der Waals surface area (Å²) in [7, 11) is 2.04. The van der Waals surface area contributed by atoms with Crippen LogP contribution in [0.15, 0.2) is 54.6 Å². The van der Waals surface area contributed by atoms with E-state index in [1.807, 2.05) is 61.6 Å². The Kier molecular flexibility index (Phi) is 3.62. The van der Waals surface area contributed by atoms with Crippen molar-refractivity contribution in [2.45, 2.75) is 6.04 Å². The predicted octanol–water partition coefficient (Wildman–Crippen LogP) is 2.17. The summed E-state index contributed by atoms with van der Waals surface area (Å²) in [6, 6.07) is 16.8. The summed E-state index contributed by atoms with van der Waals surface area (Å²) in [6.45, 7) is 1.47. The Labute approximate surface area is 124 Å². The van der Waals surface area contributed by atoms with Crippen molar-refractivity contribution in [3.8, 4) is 0 Å². The average Bonchev–Trinajstić information content (AvgIpc) is 2.55. The minimum Gasteiger partial charge on any atom is -0.371 e. The molecule has 3 rings (SSSR count). The molecule has 0 unspecified atom stereocenters. The number of nitrogens with zero attached hydrogens (tertiary/aromatic N) is 2. The normalized spacial score (nSPS) is 15.5. The molecule has 0 spiro atoms. The van der Waals surface area contributed by atoms with Crippen LogP contribution in [0, 0.1) is 0 Å². The van der Waals surface area contributed by atoms with E-state index in [9.17, 15) is 4.79 Å². The molecule has 0 radical (unpaired) electrons. The lowest BCUT2D eigenvalue weighted by atomic mass is 10.1. The molecule has 1 aliphatic heterocycles. The first-order valence-electron chi connectivity index (χ1n) is 7.10. The maximum atomic E-state index is 12.8. The highest BCUT2D eigenvalue weighted by molar-refractivity contribution is 6.01. The fourth-order valence-electron chi connectivity index (χ4n) is 2.71. The third kappa shape index (κ3) is 2.50. The second kappa shape index (κ2) is 5.58. The summed E-state index contributed by atoms with van der Waals surface area (Å²) >= 11 is 0. The van der Waals surface area contributed by atoms with Gasteiger partial charge in [-0.3, -0.25) is 4.79 Å². The minimum absolute atomic E-state index is 0.0539. The Bertz CT molecular complexity index is 641. The first-order chi connectivity index (χ1) is 10.2. The van der Waals surface area contributed by atoms with E-state index in [0.29, 0.717) is 6.54 Å². The van der Waals surface area contributed by atoms with Crippen LogP contribution < -0.4 is 15.5 Å². The van der Waals surface area contributed by atoms with Crippen LogP contribution in [-0.4, -0.2) is 26.0 Å². The molecule has 108 valence electrons. The molecule has 1 amide bonds. The van der Waals surface area contributed by atoms with E-state index in [1.165, 1.54) is 0 Å². The van der Waals surface area contributed by atoms with Gasteiger partial charge >= 0.3 is 0 Å². The van der Waals surface area contributed by atoms with Crippen LogP contribution in [-0.2, 0) is 4.79 Å². The second-order valence-electron chi connectivity index (χ2n) is 5.29. The average molecular weight is 281 g/mol. The van der Waals surface area contributed by atoms with Crippen LogP contribution in [0.4, 0.5) is 11.4 Å². The molecule has 0 saturated carbocycles. The van der Waals surface area contributed by atoms with Gasteiger partial charge in [0.2, 0.25) is 5.91 Å². The van der Waals surface area contributed by atoms with Crippen LogP contribution >= 0.6 is 0 Å². The topological polar surface area (TPSA) is 49.6 Å². The minimum atomic E-state index is -0.623. The van der Waals surface area contributed by atoms with E-state index in [1.54, 1.807) is 4.90 Å². The number of carbonyl (C=O) groups excluding carboxylic acids is 1. The summed E-state index contributed by atoms with van der Waals surface area (Å²) in [4.78, 5) is 16.7. The summed E-state index contributed by atoms with van der Waals surface area (Å²) in [5, 5.41) is 0. The molecule has 0 fully saturated rings. The SMILES string of the molecule is CN1CCN(C(=O)[C@H](N)c2ccccc2)c2ccccc21. The summed E-state index contributed by atoms with van der Waals surface area (Å²) in [5.74, 6) is -0.0539. The van der Waals surface area contributed by atoms with Crippen molar-refractivity contribution in [2.75, 3.05) is 29.9 Å². The van der Waals surface area contributed by atoms with E-state index < -0.39 is 6.04 Å². The third-order valence-corrected chi connectivity index (χ3v) is 3.93. The van der Waals surface area contributed by atoms with E-state index in [0.717, 1.165) is 23.5 Å². The Morgan fingerprint density at radius 2 is 1.62 bits per heavy atom. The van der Waals surface area contributed by atoms with E-state index in [-0.39, 0.29) is 5.91 Å². The number of likely N-dealkylation sites (N-methyl/N-ethyl adjacent to an activating group) is 1. The van der Waals surface area contributed by atoms with Crippen molar-refractivity contribution in [3.05, 3.63) is 60.2 Å². The number of rotatable bonds is 2. The zero-order valence-corrected chi connectivity index (χ0v) is 12.1. The largest absolute Gasteiger partial charge is 0.371 e. The first kappa shape index (κ1) is 13.6. The van der Waals surface area contributed by atoms with Crippen LogP contribution in [0.2, 0.25) is 0 Å². The maximum Gasteiger partial charge on any atom is 0.248 e. The number of hydrogen-bond acceptors (Lipinski definition) is 3. The van der Waals surface area contributed by atoms with Crippen molar-refractivity contribution < 1.29 is 4.79 Å². The monoisotopic (exact) mass is 281 g/mol. The van der Waals surface area contributed by atoms with Gasteiger partial charge in [-0.2, -0.15) is 0 Å². The van der Waals surface area contributed by atoms with Crippen molar-refractivity contribution in [1.29, 1.82) is 0 Å². The molecule has 1 atom stereocenters. The number of hydrogen-bond donors (Lipinski definition) is 1. The van der Waals surface area contributed by atoms with Gasteiger partial charge in [-0.15, -0.1) is 0 Å². The van der Waals surface area contributed by atoms with Gasteiger partial charge in [-0.05, 0) is 17.7 Å². The molecule has 21 heavy (non-hydrogen) atoms. The van der Waals surface area contributed by atoms with Gasteiger partial charge in [-0.1, -0.05) is 42.5 Å². The number of anilines is 2. The molecule has 0 saturated heterocycles. The summed E-state index contributed by atoms with van der Waals surface area (Å²) < 4.78 is 0. The number of carbonyl (C=O) groups is 1. The van der Waals surface area contributed by atoms with Crippen LogP contribution in [0.5, 0.6) is 0 Å². The van der Waals surface area contributed by atoms with Crippen LogP contribution in [0.1, 0.15) is 11.6 Å². The maximum absolute atomic E-state index is 12.8. The quantitative estimate of drug-likeness (QED) is 0.918. The molecule has 0 bridgehead atoms. The lowest BCUT2D eigenvalue weighted by molar-refractivity contribution is -0.120. The van der Waals surface area contributed by atoms with Crippen molar-refractivity contribution in [1.82, 2.24) is 0 Å². The molecule has 2 aromatic carbocycles. The summed E-state index contributed by atoms with van der Waals surface area (Å²) in [6.07, 6.45) is 0. The first-order valence-corrected chi connectivity index (χ1v) is 7.10. The van der Waals surface area contributed by atoms with Gasteiger partial charge in [0.05, 0.1) is 11.4 Å². The Balaban J connectivity index is 1.91. The van der Waals surface area contributed by atoms with Gasteiger partial charge in [0.1, 0.15) is 6.04 Å². The van der Waals surface area contributed by atoms with E-state index in [4.69, 9.17) is 5.73 Å². The molecule has 4 nitrogen and oxygen atoms in total. The Hall–Kier alpha value is -2.33. The molecule has 1 aliphatic rings. The van der Waals surface area contributed by atoms with Gasteiger partial charge in [0.15, 0.2) is 0 Å². The predicted molar refractivity (Wildman–Crippen MR) is 85.4 cm³/mol. The highest BCUT2D eigenvalue weighted by Crippen LogP contribution is 2.33. The zero-order chi connectivity index (χ0) is 14.8. The molecule has 2 aromatic rings. The molecule has 0 aliphatic carbocycles. The molecule has 2 N–H and O–H groups in total. The number of amides is 1. The number of benzene rings is 2. The zero-order valence-electron chi connectivity index (χ0n) is 12.1. The summed E-state index contributed by atoms with van der Waals surface area (Å²) in [5.41, 5.74) is 9.00. The third-order valence-electron chi connectivity index (χ3n) is 3.93. The fourth-order valence-corrected chi connectivity index (χ4v) is 2.71. The second-order valence-corrected chi connectivity index (χ2v) is 5.29. The van der Waals surface area contributed by atoms with Gasteiger partial charge in [0.25, 0.3) is 0 Å². The van der Waals surface area contributed by atoms with Gasteiger partial charge in [0, 0.05) is 20.1 Å². The van der Waals surface area contributed by atoms with Crippen molar-refractivity contribution >= 4 is 17.3 Å². The van der Waals surface area contributed by atoms with Gasteiger partial charge < -0.3 is 15.5 Å². The Morgan fingerprint density at radius 1 is 1.00 bits per heavy atom. The van der Waals surface area contributed by atoms with Gasteiger partial charge in [-0.25, -0.2) is 0 Å². The van der Waals surface area contributed by atoms with Crippen LogP contribution in [0.25, 0.3) is 0 Å². The molecule has 0 aromatic heterocycles. The fraction of sp³-hybridized carbons (Fsp3) is 0.235. The number of fused-ring (bicyclic) bond motifs is 1. The highest BCUT2D eigenvalue weighted by Gasteiger charge is 2.28. The van der Waals surface area contributed by atoms with E-state index in [2.05, 4.69) is 4.90 Å². The molecular weight excluding hydrogens is 262 g/mol. The van der Waals surface area contributed by atoms with E-state index >= 15 is 0 Å². The van der Waals surface area contributed by atoms with Crippen molar-refractivity contribution in [2.24, 2.45) is 5.73 Å².